The molecule has 0 spiro atoms. The fourth-order valence-corrected chi connectivity index (χ4v) is 9.08. The van der Waals surface area contributed by atoms with Gasteiger partial charge in [0.2, 0.25) is 0 Å². The van der Waals surface area contributed by atoms with E-state index >= 15 is 0 Å². The molecule has 3 aliphatic heterocycles. The molecular formula is C37H43N5O2S. The van der Waals surface area contributed by atoms with Gasteiger partial charge in [-0.25, -0.2) is 4.98 Å². The lowest BCUT2D eigenvalue weighted by molar-refractivity contribution is 0.212. The Kier molecular flexibility index (Phi) is 7.45. The van der Waals surface area contributed by atoms with Crippen LogP contribution in [-0.2, 0) is 13.5 Å². The van der Waals surface area contributed by atoms with E-state index in [0.717, 1.165) is 85.0 Å². The van der Waals surface area contributed by atoms with Crippen molar-refractivity contribution >= 4 is 37.6 Å². The molecule has 3 aliphatic rings. The zero-order chi connectivity index (χ0) is 30.7. The third-order valence-electron chi connectivity index (χ3n) is 10.4. The van der Waals surface area contributed by atoms with Crippen LogP contribution < -0.4 is 14.4 Å². The Morgan fingerprint density at radius 2 is 1.87 bits per heavy atom. The molecule has 8 heteroatoms. The smallest absolute Gasteiger partial charge is 0.186 e. The van der Waals surface area contributed by atoms with Crippen molar-refractivity contribution in [1.29, 1.82) is 0 Å². The van der Waals surface area contributed by atoms with E-state index in [2.05, 4.69) is 72.2 Å². The Bertz CT molecular complexity index is 1890. The summed E-state index contributed by atoms with van der Waals surface area (Å²) >= 11 is 1.86. The number of aromatic nitrogens is 3. The van der Waals surface area contributed by atoms with Crippen molar-refractivity contribution in [3.63, 3.8) is 0 Å². The number of fused-ring (bicyclic) bond motifs is 10. The van der Waals surface area contributed by atoms with Crippen molar-refractivity contribution in [3.8, 4) is 22.6 Å². The summed E-state index contributed by atoms with van der Waals surface area (Å²) in [5.41, 5.74) is 10.3. The van der Waals surface area contributed by atoms with Gasteiger partial charge < -0.3 is 14.4 Å². The molecule has 0 N–H and O–H groups in total. The zero-order valence-electron chi connectivity index (χ0n) is 26.9. The van der Waals surface area contributed by atoms with Gasteiger partial charge in [0.05, 0.1) is 46.6 Å². The molecule has 0 aliphatic carbocycles. The van der Waals surface area contributed by atoms with Gasteiger partial charge in [-0.3, -0.25) is 9.58 Å². The largest absolute Gasteiger partial charge is 0.493 e. The molecule has 8 rings (SSSR count). The number of benzene rings is 3. The highest BCUT2D eigenvalue weighted by atomic mass is 32.1. The number of aryl methyl sites for hydroxylation is 2. The Hall–Kier alpha value is -3.62. The van der Waals surface area contributed by atoms with Crippen LogP contribution >= 0.6 is 11.3 Å². The van der Waals surface area contributed by atoms with Gasteiger partial charge in [-0.2, -0.15) is 5.10 Å². The van der Waals surface area contributed by atoms with Crippen molar-refractivity contribution in [2.75, 3.05) is 44.8 Å². The molecule has 2 aromatic heterocycles. The minimum Gasteiger partial charge on any atom is -0.493 e. The second kappa shape index (κ2) is 11.6. The van der Waals surface area contributed by atoms with Crippen LogP contribution in [0.4, 0.5) is 5.13 Å². The Morgan fingerprint density at radius 3 is 2.76 bits per heavy atom. The Balaban J connectivity index is 1.28. The van der Waals surface area contributed by atoms with Gasteiger partial charge >= 0.3 is 0 Å². The van der Waals surface area contributed by atoms with E-state index in [4.69, 9.17) is 14.5 Å². The molecule has 2 atom stereocenters. The average Bonchev–Trinajstić information content (AvgIpc) is 3.65. The molecule has 234 valence electrons. The fourth-order valence-electron chi connectivity index (χ4n) is 7.91. The van der Waals surface area contributed by atoms with E-state index < -0.39 is 0 Å². The van der Waals surface area contributed by atoms with Crippen LogP contribution in [0.25, 0.3) is 32.2 Å². The summed E-state index contributed by atoms with van der Waals surface area (Å²) in [7, 11) is 4.26. The first-order valence-electron chi connectivity index (χ1n) is 16.7. The summed E-state index contributed by atoms with van der Waals surface area (Å²) in [5.74, 6) is 2.59. The highest BCUT2D eigenvalue weighted by Gasteiger charge is 2.32. The minimum absolute atomic E-state index is 0.192. The van der Waals surface area contributed by atoms with Crippen molar-refractivity contribution < 1.29 is 9.47 Å². The minimum atomic E-state index is 0.192. The molecule has 3 aromatic carbocycles. The van der Waals surface area contributed by atoms with Crippen LogP contribution in [0.1, 0.15) is 73.2 Å². The first kappa shape index (κ1) is 28.8. The number of nitrogens with zero attached hydrogens (tertiary/aromatic N) is 5. The van der Waals surface area contributed by atoms with Gasteiger partial charge in [0.1, 0.15) is 11.5 Å². The summed E-state index contributed by atoms with van der Waals surface area (Å²) in [4.78, 5) is 10.3. The van der Waals surface area contributed by atoms with Gasteiger partial charge in [-0.15, -0.1) is 0 Å². The number of hydrogen-bond donors (Lipinski definition) is 0. The lowest BCUT2D eigenvalue weighted by atomic mass is 9.85. The van der Waals surface area contributed by atoms with E-state index in [1.807, 2.05) is 29.3 Å². The molecule has 1 saturated heterocycles. The number of thiazole rings is 1. The van der Waals surface area contributed by atoms with Crippen molar-refractivity contribution in [2.24, 2.45) is 7.05 Å². The van der Waals surface area contributed by atoms with Crippen LogP contribution in [-0.4, -0.2) is 59.6 Å². The molecule has 2 unspecified atom stereocenters. The van der Waals surface area contributed by atoms with Crippen molar-refractivity contribution in [2.45, 2.75) is 64.3 Å². The number of rotatable bonds is 1. The summed E-state index contributed by atoms with van der Waals surface area (Å²) in [6.07, 6.45) is 8.62. The summed E-state index contributed by atoms with van der Waals surface area (Å²) in [6, 6.07) is 13.9. The first-order valence-corrected chi connectivity index (χ1v) is 17.5. The van der Waals surface area contributed by atoms with Crippen LogP contribution in [0.2, 0.25) is 0 Å². The van der Waals surface area contributed by atoms with Gasteiger partial charge in [0.25, 0.3) is 0 Å². The molecule has 0 amide bonds. The summed E-state index contributed by atoms with van der Waals surface area (Å²) in [5, 5.41) is 6.81. The maximum absolute atomic E-state index is 6.72. The van der Waals surface area contributed by atoms with Gasteiger partial charge in [-0.1, -0.05) is 43.2 Å². The maximum Gasteiger partial charge on any atom is 0.186 e. The van der Waals surface area contributed by atoms with Gasteiger partial charge in [0, 0.05) is 37.8 Å². The quantitative estimate of drug-likeness (QED) is 0.189. The molecule has 5 heterocycles. The predicted molar refractivity (Wildman–Crippen MR) is 184 cm³/mol. The number of ether oxygens (including phenoxy) is 2. The number of likely N-dealkylation sites (N-methyl/N-ethyl adjacent to an activating group) is 1. The molecule has 45 heavy (non-hydrogen) atoms. The van der Waals surface area contributed by atoms with Gasteiger partial charge in [0.15, 0.2) is 5.13 Å². The topological polar surface area (TPSA) is 55.7 Å². The number of anilines is 1. The highest BCUT2D eigenvalue weighted by molar-refractivity contribution is 7.22. The van der Waals surface area contributed by atoms with Crippen LogP contribution in [0.15, 0.2) is 42.6 Å². The standard InChI is InChI=1S/C37H43N5O2S/c1-5-26-23(2)19-30-36-34(26)25-10-13-33-28(20-25)24(14-18-43-33)9-7-6-8-17-44-35-27(11-12-31-29(35)21-38-41(31)4)32-22-42(16-15-40(32)3)37(39-30)45-36/h10-13,19-21,24,32H,5-9,14-18,22H2,1-4H3. The SMILES string of the molecule is CCc1c(C)cc2nc3sc2c1-c1ccc2c(c1)C(CCCCCOc1c(ccc4c1cnn4C)C1CN3CCN1C)CCO2. The molecule has 1 fully saturated rings. The average molecular weight is 622 g/mol. The van der Waals surface area contributed by atoms with E-state index in [9.17, 15) is 0 Å². The second-order valence-corrected chi connectivity index (χ2v) is 14.1. The van der Waals surface area contributed by atoms with Crippen LogP contribution in [0.5, 0.6) is 11.5 Å². The van der Waals surface area contributed by atoms with E-state index in [0.29, 0.717) is 12.5 Å². The number of piperazine rings is 1. The fraction of sp³-hybridized carbons (Fsp3) is 0.459. The lowest BCUT2D eigenvalue weighted by Crippen LogP contribution is -2.46. The molecule has 0 radical (unpaired) electrons. The van der Waals surface area contributed by atoms with Crippen molar-refractivity contribution in [1.82, 2.24) is 19.7 Å². The zero-order valence-corrected chi connectivity index (χ0v) is 27.8. The van der Waals surface area contributed by atoms with Crippen LogP contribution in [0, 0.1) is 6.92 Å². The van der Waals surface area contributed by atoms with E-state index in [1.54, 1.807) is 0 Å². The Morgan fingerprint density at radius 1 is 0.956 bits per heavy atom. The van der Waals surface area contributed by atoms with Crippen molar-refractivity contribution in [3.05, 3.63) is 64.8 Å². The monoisotopic (exact) mass is 621 g/mol. The molecule has 7 nitrogen and oxygen atoms in total. The first-order chi connectivity index (χ1) is 22.0. The van der Waals surface area contributed by atoms with Gasteiger partial charge in [-0.05, 0) is 92.1 Å². The number of hydrogen-bond acceptors (Lipinski definition) is 7. The maximum atomic E-state index is 6.72. The molecule has 0 saturated carbocycles. The van der Waals surface area contributed by atoms with Crippen LogP contribution in [0.3, 0.4) is 0 Å². The third kappa shape index (κ3) is 4.97. The molecule has 5 aromatic rings. The highest BCUT2D eigenvalue weighted by Crippen LogP contribution is 2.46. The second-order valence-electron chi connectivity index (χ2n) is 13.2. The Labute approximate surface area is 269 Å². The molecule has 6 bridgehead atoms. The summed E-state index contributed by atoms with van der Waals surface area (Å²) < 4.78 is 16.2. The molecular weight excluding hydrogens is 579 g/mol. The third-order valence-corrected chi connectivity index (χ3v) is 11.6. The predicted octanol–water partition coefficient (Wildman–Crippen LogP) is 8.03. The lowest BCUT2D eigenvalue weighted by Gasteiger charge is -2.40. The normalized spacial score (nSPS) is 20.8. The summed E-state index contributed by atoms with van der Waals surface area (Å²) in [6.45, 7) is 8.84. The van der Waals surface area contributed by atoms with E-state index in [-0.39, 0.29) is 6.04 Å². The van der Waals surface area contributed by atoms with E-state index in [1.165, 1.54) is 50.9 Å².